The Morgan fingerprint density at radius 2 is 1.66 bits per heavy atom. The second kappa shape index (κ2) is 8.43. The molecule has 3 rings (SSSR count). The van der Waals surface area contributed by atoms with Crippen LogP contribution < -0.4 is 0 Å². The van der Waals surface area contributed by atoms with E-state index in [0.717, 1.165) is 18.1 Å². The molecule has 7 heteroatoms. The molecule has 0 aliphatic carbocycles. The van der Waals surface area contributed by atoms with Gasteiger partial charge >= 0.3 is 6.18 Å². The van der Waals surface area contributed by atoms with Gasteiger partial charge in [-0.05, 0) is 55.5 Å². The maximum atomic E-state index is 13.1. The van der Waals surface area contributed by atoms with Gasteiger partial charge in [0.2, 0.25) is 0 Å². The highest BCUT2D eigenvalue weighted by atomic mass is 19.4. The molecule has 2 N–H and O–H groups in total. The Morgan fingerprint density at radius 3 is 2.16 bits per heavy atom. The molecule has 0 saturated carbocycles. The van der Waals surface area contributed by atoms with Gasteiger partial charge in [-0.15, -0.1) is 0 Å². The third-order valence-corrected chi connectivity index (χ3v) is 6.83. The van der Waals surface area contributed by atoms with Gasteiger partial charge in [-0.2, -0.15) is 13.2 Å². The minimum Gasteiger partial charge on any atom is -0.381 e. The van der Waals surface area contributed by atoms with Crippen molar-refractivity contribution in [3.8, 4) is 0 Å². The van der Waals surface area contributed by atoms with Crippen LogP contribution in [0.25, 0.3) is 0 Å². The van der Waals surface area contributed by atoms with E-state index in [9.17, 15) is 23.4 Å². The van der Waals surface area contributed by atoms with E-state index in [1.807, 2.05) is 38.2 Å². The Kier molecular flexibility index (Phi) is 6.50. The number of likely N-dealkylation sites (tertiary alicyclic amines) is 1. The molecule has 0 amide bonds. The summed E-state index contributed by atoms with van der Waals surface area (Å²) in [4.78, 5) is 6.36. The molecule has 1 aromatic heterocycles. The lowest BCUT2D eigenvalue weighted by Crippen LogP contribution is -2.63. The van der Waals surface area contributed by atoms with E-state index in [4.69, 9.17) is 0 Å². The van der Waals surface area contributed by atoms with Crippen molar-refractivity contribution < 1.29 is 23.4 Å². The quantitative estimate of drug-likeness (QED) is 0.645. The van der Waals surface area contributed by atoms with E-state index in [1.54, 1.807) is 12.3 Å². The fourth-order valence-corrected chi connectivity index (χ4v) is 4.70. The predicted octanol–water partition coefficient (Wildman–Crippen LogP) is 4.64. The molecule has 2 heterocycles. The van der Waals surface area contributed by atoms with Crippen LogP contribution in [0.2, 0.25) is 0 Å². The molecule has 2 atom stereocenters. The molecule has 2 unspecified atom stereocenters. The van der Waals surface area contributed by atoms with Crippen molar-refractivity contribution in [3.63, 3.8) is 0 Å². The monoisotopic (exact) mass is 450 g/mol. The van der Waals surface area contributed by atoms with Crippen LogP contribution in [0.4, 0.5) is 13.2 Å². The maximum absolute atomic E-state index is 13.1. The minimum absolute atomic E-state index is 0.00760. The number of benzene rings is 1. The first-order chi connectivity index (χ1) is 14.7. The number of aryl methyl sites for hydroxylation is 1. The fourth-order valence-electron chi connectivity index (χ4n) is 4.70. The second-order valence-corrected chi connectivity index (χ2v) is 10.1. The minimum atomic E-state index is -4.71. The topological polar surface area (TPSA) is 56.6 Å². The number of hydrogen-bond acceptors (Lipinski definition) is 4. The lowest BCUT2D eigenvalue weighted by Gasteiger charge is -2.56. The van der Waals surface area contributed by atoms with E-state index in [1.165, 1.54) is 6.20 Å². The van der Waals surface area contributed by atoms with Gasteiger partial charge in [0.05, 0.1) is 0 Å². The zero-order chi connectivity index (χ0) is 23.9. The molecule has 1 fully saturated rings. The summed E-state index contributed by atoms with van der Waals surface area (Å²) in [5, 5.41) is 22.0. The zero-order valence-corrected chi connectivity index (χ0v) is 19.4. The van der Waals surface area contributed by atoms with Gasteiger partial charge in [-0.1, -0.05) is 45.0 Å². The number of nitrogens with zero attached hydrogens (tertiary/aromatic N) is 2. The first-order valence-corrected chi connectivity index (χ1v) is 10.9. The van der Waals surface area contributed by atoms with Crippen LogP contribution >= 0.6 is 0 Å². The third kappa shape index (κ3) is 4.43. The number of aliphatic hydroxyl groups is 2. The summed E-state index contributed by atoms with van der Waals surface area (Å²) >= 11 is 0. The number of alkyl halides is 3. The lowest BCUT2D eigenvalue weighted by molar-refractivity contribution is -0.254. The Hall–Kier alpha value is -1.96. The van der Waals surface area contributed by atoms with Gasteiger partial charge in [0, 0.05) is 36.5 Å². The van der Waals surface area contributed by atoms with Gasteiger partial charge in [0.15, 0.2) is 5.60 Å². The molecule has 1 aliphatic rings. The first-order valence-electron chi connectivity index (χ1n) is 10.9. The summed E-state index contributed by atoms with van der Waals surface area (Å²) < 4.78 is 39.2. The molecule has 176 valence electrons. The number of hydrogen-bond donors (Lipinski definition) is 2. The molecule has 32 heavy (non-hydrogen) atoms. The lowest BCUT2D eigenvalue weighted by atomic mass is 9.62. The van der Waals surface area contributed by atoms with Crippen molar-refractivity contribution in [2.75, 3.05) is 20.1 Å². The molecular formula is C25H33F3N2O2. The van der Waals surface area contributed by atoms with E-state index in [-0.39, 0.29) is 6.42 Å². The highest BCUT2D eigenvalue weighted by molar-refractivity contribution is 5.42. The van der Waals surface area contributed by atoms with Crippen LogP contribution in [0.1, 0.15) is 62.3 Å². The summed E-state index contributed by atoms with van der Waals surface area (Å²) in [6.45, 7) is 8.34. The molecule has 1 aliphatic heterocycles. The van der Waals surface area contributed by atoms with Gasteiger partial charge in [0.1, 0.15) is 5.60 Å². The van der Waals surface area contributed by atoms with Gasteiger partial charge in [0.25, 0.3) is 0 Å². The van der Waals surface area contributed by atoms with E-state index in [2.05, 4.69) is 23.7 Å². The van der Waals surface area contributed by atoms with Gasteiger partial charge in [-0.25, -0.2) is 0 Å². The average Bonchev–Trinajstić information content (AvgIpc) is 2.70. The summed E-state index contributed by atoms with van der Waals surface area (Å²) in [5.74, 6) is 0.356. The summed E-state index contributed by atoms with van der Waals surface area (Å²) in [6, 6.07) is 9.60. The first kappa shape index (κ1) is 24.7. The molecule has 2 aromatic rings. The predicted molar refractivity (Wildman–Crippen MR) is 118 cm³/mol. The van der Waals surface area contributed by atoms with E-state index >= 15 is 0 Å². The highest BCUT2D eigenvalue weighted by Crippen LogP contribution is 2.50. The summed E-state index contributed by atoms with van der Waals surface area (Å²) in [7, 11) is 1.98. The highest BCUT2D eigenvalue weighted by Gasteiger charge is 2.55. The molecule has 0 radical (unpaired) electrons. The van der Waals surface area contributed by atoms with E-state index in [0.29, 0.717) is 30.1 Å². The zero-order valence-electron chi connectivity index (χ0n) is 19.4. The van der Waals surface area contributed by atoms with Gasteiger partial charge in [-0.3, -0.25) is 4.98 Å². The van der Waals surface area contributed by atoms with Crippen molar-refractivity contribution in [1.29, 1.82) is 0 Å². The molecule has 4 nitrogen and oxygen atoms in total. The van der Waals surface area contributed by atoms with Gasteiger partial charge < -0.3 is 15.1 Å². The average molecular weight is 451 g/mol. The summed E-state index contributed by atoms with van der Waals surface area (Å²) in [5.41, 5.74) is -1.64. The van der Waals surface area contributed by atoms with Crippen LogP contribution in [0, 0.1) is 5.41 Å². The molecule has 1 aromatic carbocycles. The van der Waals surface area contributed by atoms with Crippen molar-refractivity contribution >= 4 is 0 Å². The normalized spacial score (nSPS) is 20.5. The van der Waals surface area contributed by atoms with Crippen LogP contribution in [-0.4, -0.2) is 52.0 Å². The van der Waals surface area contributed by atoms with Crippen molar-refractivity contribution in [3.05, 3.63) is 65.0 Å². The SMILES string of the molecule is CC(C)c1ccc(C(O)(c2cncc(CCC(C)(O)C(F)(F)F)c2)C2(C)CN(C)C2)cc1. The van der Waals surface area contributed by atoms with Crippen LogP contribution in [0.3, 0.4) is 0 Å². The number of pyridine rings is 1. The standard InChI is InChI=1S/C25H33F3N2O2/c1-17(2)19-6-8-20(9-7-19)24(32,22(3)15-30(5)16-22)21-12-18(13-29-14-21)10-11-23(4,31)25(26,27)28/h6-9,12-14,17,31-32H,10-11,15-16H2,1-5H3. The number of aromatic nitrogens is 1. The number of rotatable bonds is 7. The van der Waals surface area contributed by atoms with Crippen LogP contribution in [0.15, 0.2) is 42.7 Å². The Balaban J connectivity index is 1.99. The number of halogens is 3. The largest absolute Gasteiger partial charge is 0.416 e. The fraction of sp³-hybridized carbons (Fsp3) is 0.560. The molecule has 0 bridgehead atoms. The molecular weight excluding hydrogens is 417 g/mol. The van der Waals surface area contributed by atoms with Crippen LogP contribution in [-0.2, 0) is 12.0 Å². The Labute approximate surface area is 188 Å². The Morgan fingerprint density at radius 1 is 1.06 bits per heavy atom. The van der Waals surface area contributed by atoms with Crippen LogP contribution in [0.5, 0.6) is 0 Å². The van der Waals surface area contributed by atoms with Crippen molar-refractivity contribution in [2.24, 2.45) is 5.41 Å². The molecule has 0 spiro atoms. The second-order valence-electron chi connectivity index (χ2n) is 10.1. The van der Waals surface area contributed by atoms with Crippen molar-refractivity contribution in [1.82, 2.24) is 9.88 Å². The maximum Gasteiger partial charge on any atom is 0.416 e. The Bertz CT molecular complexity index is 935. The van der Waals surface area contributed by atoms with E-state index < -0.39 is 29.2 Å². The smallest absolute Gasteiger partial charge is 0.381 e. The third-order valence-electron chi connectivity index (χ3n) is 6.83. The summed E-state index contributed by atoms with van der Waals surface area (Å²) in [6.07, 6.45) is -2.12. The molecule has 1 saturated heterocycles. The van der Waals surface area contributed by atoms with Crippen molar-refractivity contribution in [2.45, 2.75) is 63.8 Å².